The molecule has 0 spiro atoms. The van der Waals surface area contributed by atoms with E-state index >= 15 is 0 Å². The van der Waals surface area contributed by atoms with Crippen molar-refractivity contribution in [2.75, 3.05) is 6.54 Å². The van der Waals surface area contributed by atoms with Crippen LogP contribution in [0.4, 0.5) is 4.39 Å². The van der Waals surface area contributed by atoms with E-state index in [1.54, 1.807) is 0 Å². The first-order chi connectivity index (χ1) is 8.17. The van der Waals surface area contributed by atoms with E-state index in [1.807, 2.05) is 6.07 Å². The van der Waals surface area contributed by atoms with Gasteiger partial charge in [-0.1, -0.05) is 29.8 Å². The number of rotatable bonds is 4. The van der Waals surface area contributed by atoms with Crippen LogP contribution in [0.3, 0.4) is 0 Å². The normalized spacial score (nSPS) is 22.4. The van der Waals surface area contributed by atoms with Crippen molar-refractivity contribution in [1.29, 1.82) is 0 Å². The lowest BCUT2D eigenvalue weighted by Crippen LogP contribution is -2.31. The molecule has 1 aromatic rings. The van der Waals surface area contributed by atoms with E-state index < -0.39 is 0 Å². The van der Waals surface area contributed by atoms with Gasteiger partial charge in [-0.05, 0) is 31.5 Å². The van der Waals surface area contributed by atoms with E-state index in [0.29, 0.717) is 5.75 Å². The van der Waals surface area contributed by atoms with Crippen LogP contribution in [0.2, 0.25) is 0 Å². The van der Waals surface area contributed by atoms with Crippen molar-refractivity contribution in [2.45, 2.75) is 38.8 Å². The average molecular weight is 302 g/mol. The third-order valence-electron chi connectivity index (χ3n) is 3.03. The average Bonchev–Trinajstić information content (AvgIpc) is 2.64. The molecule has 0 fully saturated rings. The topological polar surface area (TPSA) is 21.3 Å². The molecule has 0 aliphatic carbocycles. The molecule has 2 rings (SSSR count). The molecule has 0 radical (unpaired) electrons. The summed E-state index contributed by atoms with van der Waals surface area (Å²) in [6.45, 7) is 5.09. The fourth-order valence-corrected chi connectivity index (χ4v) is 2.66. The Morgan fingerprint density at radius 3 is 2.82 bits per heavy atom. The summed E-state index contributed by atoms with van der Waals surface area (Å²) < 4.78 is 20.2. The molecule has 1 aromatic carbocycles. The smallest absolute Gasteiger partial charge is 0.166 e. The lowest BCUT2D eigenvalue weighted by atomic mass is 10.0. The third kappa shape index (κ3) is 2.47. The number of fused-ring (bicyclic) bond motifs is 1. The molecule has 0 aromatic heterocycles. The Morgan fingerprint density at radius 1 is 1.41 bits per heavy atom. The fourth-order valence-electron chi connectivity index (χ4n) is 2.22. The van der Waals surface area contributed by atoms with Gasteiger partial charge in [0.1, 0.15) is 6.10 Å². The van der Waals surface area contributed by atoms with Gasteiger partial charge in [0.2, 0.25) is 0 Å². The van der Waals surface area contributed by atoms with Crippen LogP contribution in [0.15, 0.2) is 16.6 Å². The standard InChI is InChI=1S/C13H17BrFNO/c1-3-5-16-12-9-6-8(14)7-10(15)13(9)17-11(12)4-2/h6-7,11-12,16H,3-5H2,1-2H3. The van der Waals surface area contributed by atoms with Crippen LogP contribution in [0.1, 0.15) is 38.3 Å². The molecule has 2 unspecified atom stereocenters. The van der Waals surface area contributed by atoms with E-state index in [4.69, 9.17) is 4.74 Å². The van der Waals surface area contributed by atoms with Crippen LogP contribution >= 0.6 is 15.9 Å². The fraction of sp³-hybridized carbons (Fsp3) is 0.538. The maximum Gasteiger partial charge on any atom is 0.166 e. The monoisotopic (exact) mass is 301 g/mol. The third-order valence-corrected chi connectivity index (χ3v) is 3.49. The summed E-state index contributed by atoms with van der Waals surface area (Å²) in [6, 6.07) is 3.50. The van der Waals surface area contributed by atoms with Gasteiger partial charge in [-0.15, -0.1) is 0 Å². The first kappa shape index (κ1) is 12.8. The minimum Gasteiger partial charge on any atom is -0.485 e. The first-order valence-corrected chi connectivity index (χ1v) is 6.85. The highest BCUT2D eigenvalue weighted by Gasteiger charge is 2.34. The Labute approximate surface area is 110 Å². The first-order valence-electron chi connectivity index (χ1n) is 6.06. The highest BCUT2D eigenvalue weighted by molar-refractivity contribution is 9.10. The van der Waals surface area contributed by atoms with Gasteiger partial charge in [0.25, 0.3) is 0 Å². The lowest BCUT2D eigenvalue weighted by molar-refractivity contribution is 0.180. The number of hydrogen-bond donors (Lipinski definition) is 1. The predicted molar refractivity (Wildman–Crippen MR) is 69.8 cm³/mol. The number of halogens is 2. The Kier molecular flexibility index (Phi) is 4.05. The second-order valence-electron chi connectivity index (χ2n) is 4.30. The van der Waals surface area contributed by atoms with Gasteiger partial charge < -0.3 is 10.1 Å². The van der Waals surface area contributed by atoms with Crippen molar-refractivity contribution in [2.24, 2.45) is 0 Å². The molecular weight excluding hydrogens is 285 g/mol. The van der Waals surface area contributed by atoms with Gasteiger partial charge in [-0.25, -0.2) is 4.39 Å². The van der Waals surface area contributed by atoms with Crippen molar-refractivity contribution in [3.8, 4) is 5.75 Å². The molecule has 94 valence electrons. The number of hydrogen-bond acceptors (Lipinski definition) is 2. The summed E-state index contributed by atoms with van der Waals surface area (Å²) in [7, 11) is 0. The molecule has 1 aliphatic heterocycles. The van der Waals surface area contributed by atoms with Crippen LogP contribution in [0.25, 0.3) is 0 Å². The van der Waals surface area contributed by atoms with Crippen molar-refractivity contribution in [1.82, 2.24) is 5.32 Å². The molecule has 1 aliphatic rings. The van der Waals surface area contributed by atoms with Crippen molar-refractivity contribution >= 4 is 15.9 Å². The Balaban J connectivity index is 2.33. The molecule has 1 N–H and O–H groups in total. The predicted octanol–water partition coefficient (Wildman–Crippen LogP) is 3.80. The molecule has 0 bridgehead atoms. The minimum absolute atomic E-state index is 0.0281. The summed E-state index contributed by atoms with van der Waals surface area (Å²) in [6.07, 6.45) is 1.95. The van der Waals surface area contributed by atoms with Crippen LogP contribution < -0.4 is 10.1 Å². The maximum absolute atomic E-state index is 13.8. The van der Waals surface area contributed by atoms with E-state index in [0.717, 1.165) is 29.4 Å². The quantitative estimate of drug-likeness (QED) is 0.913. The van der Waals surface area contributed by atoms with Gasteiger partial charge in [0, 0.05) is 10.0 Å². The zero-order chi connectivity index (χ0) is 12.4. The highest BCUT2D eigenvalue weighted by Crippen LogP contribution is 2.41. The highest BCUT2D eigenvalue weighted by atomic mass is 79.9. The van der Waals surface area contributed by atoms with E-state index in [-0.39, 0.29) is 18.0 Å². The number of nitrogens with one attached hydrogen (secondary N) is 1. The Morgan fingerprint density at radius 2 is 2.18 bits per heavy atom. The van der Waals surface area contributed by atoms with Gasteiger partial charge in [-0.2, -0.15) is 0 Å². The van der Waals surface area contributed by atoms with Crippen molar-refractivity contribution in [3.05, 3.63) is 28.0 Å². The largest absolute Gasteiger partial charge is 0.485 e. The molecule has 4 heteroatoms. The maximum atomic E-state index is 13.8. The molecule has 0 saturated heterocycles. The van der Waals surface area contributed by atoms with Gasteiger partial charge in [0.05, 0.1) is 6.04 Å². The summed E-state index contributed by atoms with van der Waals surface area (Å²) >= 11 is 3.33. The summed E-state index contributed by atoms with van der Waals surface area (Å²) in [4.78, 5) is 0. The van der Waals surface area contributed by atoms with Gasteiger partial charge in [-0.3, -0.25) is 0 Å². The molecule has 17 heavy (non-hydrogen) atoms. The molecule has 0 saturated carbocycles. The summed E-state index contributed by atoms with van der Waals surface area (Å²) in [5, 5.41) is 3.43. The lowest BCUT2D eigenvalue weighted by Gasteiger charge is -2.18. The van der Waals surface area contributed by atoms with Crippen LogP contribution in [-0.4, -0.2) is 12.6 Å². The second kappa shape index (κ2) is 5.36. The molecule has 2 atom stereocenters. The SMILES string of the molecule is CCCNC1c2cc(Br)cc(F)c2OC1CC. The minimum atomic E-state index is -0.284. The van der Waals surface area contributed by atoms with Crippen LogP contribution in [-0.2, 0) is 0 Å². The molecule has 0 amide bonds. The Bertz CT molecular complexity index is 411. The molecule has 2 nitrogen and oxygen atoms in total. The zero-order valence-corrected chi connectivity index (χ0v) is 11.7. The molecular formula is C13H17BrFNO. The summed E-state index contributed by atoms with van der Waals surface area (Å²) in [5.74, 6) is 0.127. The van der Waals surface area contributed by atoms with Crippen LogP contribution in [0.5, 0.6) is 5.75 Å². The zero-order valence-electron chi connectivity index (χ0n) is 10.1. The van der Waals surface area contributed by atoms with E-state index in [9.17, 15) is 4.39 Å². The summed E-state index contributed by atoms with van der Waals surface area (Å²) in [5.41, 5.74) is 0.928. The van der Waals surface area contributed by atoms with Crippen molar-refractivity contribution in [3.63, 3.8) is 0 Å². The van der Waals surface area contributed by atoms with Gasteiger partial charge in [0.15, 0.2) is 11.6 Å². The number of ether oxygens (including phenoxy) is 1. The van der Waals surface area contributed by atoms with Gasteiger partial charge >= 0.3 is 0 Å². The van der Waals surface area contributed by atoms with E-state index in [1.165, 1.54) is 6.07 Å². The number of benzene rings is 1. The Hall–Kier alpha value is -0.610. The van der Waals surface area contributed by atoms with Crippen LogP contribution in [0, 0.1) is 5.82 Å². The molecule has 1 heterocycles. The van der Waals surface area contributed by atoms with Crippen molar-refractivity contribution < 1.29 is 9.13 Å². The van der Waals surface area contributed by atoms with E-state index in [2.05, 4.69) is 35.1 Å². The second-order valence-corrected chi connectivity index (χ2v) is 5.22.